The van der Waals surface area contributed by atoms with Crippen molar-refractivity contribution in [1.82, 2.24) is 5.32 Å². The summed E-state index contributed by atoms with van der Waals surface area (Å²) in [5.41, 5.74) is 0.207. The summed E-state index contributed by atoms with van der Waals surface area (Å²) in [6.07, 6.45) is 0. The van der Waals surface area contributed by atoms with Crippen LogP contribution >= 0.6 is 0 Å². The van der Waals surface area contributed by atoms with Crippen LogP contribution in [-0.4, -0.2) is 21.5 Å². The van der Waals surface area contributed by atoms with Crippen LogP contribution in [0.25, 0.3) is 0 Å². The van der Waals surface area contributed by atoms with Crippen LogP contribution in [0.3, 0.4) is 0 Å². The van der Waals surface area contributed by atoms with Gasteiger partial charge in [0, 0.05) is 24.6 Å². The molecule has 0 saturated carbocycles. The van der Waals surface area contributed by atoms with E-state index in [-0.39, 0.29) is 16.4 Å². The first-order chi connectivity index (χ1) is 7.00. The van der Waals surface area contributed by atoms with E-state index in [1.54, 1.807) is 0 Å². The van der Waals surface area contributed by atoms with Gasteiger partial charge in [-0.15, -0.1) is 0 Å². The molecule has 0 aliphatic carbocycles. The number of primary sulfonamides is 1. The molecule has 0 bridgehead atoms. The minimum Gasteiger partial charge on any atom is -0.315 e. The Bertz CT molecular complexity index is 483. The molecule has 0 radical (unpaired) electrons. The molecule has 1 aromatic carbocycles. The summed E-state index contributed by atoms with van der Waals surface area (Å²) in [6, 6.07) is 3.94. The van der Waals surface area contributed by atoms with Crippen molar-refractivity contribution in [2.24, 2.45) is 5.14 Å². The van der Waals surface area contributed by atoms with Crippen LogP contribution in [0.5, 0.6) is 0 Å². The zero-order valence-corrected chi connectivity index (χ0v) is 8.72. The van der Waals surface area contributed by atoms with Crippen molar-refractivity contribution in [3.05, 3.63) is 29.6 Å². The normalized spacial score (nSPS) is 17.5. The molecule has 82 valence electrons. The number of nitrogens with one attached hydrogen (secondary N) is 1. The Morgan fingerprint density at radius 3 is 2.53 bits per heavy atom. The van der Waals surface area contributed by atoms with E-state index in [1.165, 1.54) is 18.2 Å². The third kappa shape index (κ3) is 1.88. The Morgan fingerprint density at radius 2 is 2.07 bits per heavy atom. The van der Waals surface area contributed by atoms with Crippen LogP contribution < -0.4 is 10.5 Å². The molecule has 1 aliphatic rings. The Hall–Kier alpha value is -0.980. The molecule has 0 unspecified atom stereocenters. The van der Waals surface area contributed by atoms with Gasteiger partial charge in [-0.1, -0.05) is 6.07 Å². The minimum atomic E-state index is -3.84. The van der Waals surface area contributed by atoms with Gasteiger partial charge < -0.3 is 5.32 Å². The Kier molecular flexibility index (Phi) is 2.49. The summed E-state index contributed by atoms with van der Waals surface area (Å²) in [6.45, 7) is 1.17. The van der Waals surface area contributed by atoms with E-state index in [1.807, 2.05) is 0 Å². The van der Waals surface area contributed by atoms with Gasteiger partial charge in [-0.3, -0.25) is 0 Å². The summed E-state index contributed by atoms with van der Waals surface area (Å²) in [5, 5.41) is 7.99. The monoisotopic (exact) mass is 230 g/mol. The van der Waals surface area contributed by atoms with Gasteiger partial charge in [0.05, 0.1) is 4.90 Å². The highest BCUT2D eigenvalue weighted by Crippen LogP contribution is 2.28. The zero-order chi connectivity index (χ0) is 11.1. The summed E-state index contributed by atoms with van der Waals surface area (Å²) in [7, 11) is -3.84. The number of benzene rings is 1. The summed E-state index contributed by atoms with van der Waals surface area (Å²) in [4.78, 5) is -0.103. The highest BCUT2D eigenvalue weighted by atomic mass is 32.2. The molecule has 0 spiro atoms. The van der Waals surface area contributed by atoms with E-state index in [4.69, 9.17) is 5.14 Å². The van der Waals surface area contributed by atoms with Crippen LogP contribution in [0.1, 0.15) is 11.5 Å². The second kappa shape index (κ2) is 3.55. The van der Waals surface area contributed by atoms with Gasteiger partial charge in [-0.25, -0.2) is 17.9 Å². The third-order valence-electron chi connectivity index (χ3n) is 2.51. The van der Waals surface area contributed by atoms with Crippen LogP contribution in [0.15, 0.2) is 23.1 Å². The quantitative estimate of drug-likeness (QED) is 0.760. The van der Waals surface area contributed by atoms with Gasteiger partial charge >= 0.3 is 0 Å². The van der Waals surface area contributed by atoms with Crippen molar-refractivity contribution >= 4 is 10.0 Å². The average Bonchev–Trinajstić information content (AvgIpc) is 2.03. The molecule has 3 N–H and O–H groups in total. The molecule has 15 heavy (non-hydrogen) atoms. The number of rotatable bonds is 2. The van der Waals surface area contributed by atoms with Crippen LogP contribution in [-0.2, 0) is 10.0 Å². The fraction of sp³-hybridized carbons (Fsp3) is 0.333. The molecule has 4 nitrogen and oxygen atoms in total. The van der Waals surface area contributed by atoms with Crippen LogP contribution in [0, 0.1) is 5.82 Å². The Labute approximate surface area is 87.3 Å². The van der Waals surface area contributed by atoms with Crippen LogP contribution in [0.4, 0.5) is 4.39 Å². The lowest BCUT2D eigenvalue weighted by Gasteiger charge is -2.29. The maximum Gasteiger partial charge on any atom is 0.238 e. The Balaban J connectivity index is 2.58. The first kappa shape index (κ1) is 10.5. The molecule has 1 aliphatic heterocycles. The van der Waals surface area contributed by atoms with Crippen molar-refractivity contribution < 1.29 is 12.8 Å². The van der Waals surface area contributed by atoms with Gasteiger partial charge in [0.2, 0.25) is 10.0 Å². The van der Waals surface area contributed by atoms with Gasteiger partial charge in [-0.05, 0) is 12.1 Å². The van der Waals surface area contributed by atoms with E-state index in [0.717, 1.165) is 0 Å². The predicted octanol–water partition coefficient (Wildman–Crippen LogP) is 0.160. The second-order valence-electron chi connectivity index (χ2n) is 3.55. The largest absolute Gasteiger partial charge is 0.315 e. The fourth-order valence-electron chi connectivity index (χ4n) is 1.65. The first-order valence-electron chi connectivity index (χ1n) is 4.52. The van der Waals surface area contributed by atoms with Gasteiger partial charge in [0.15, 0.2) is 0 Å². The average molecular weight is 230 g/mol. The lowest BCUT2D eigenvalue weighted by Crippen LogP contribution is -2.41. The van der Waals surface area contributed by atoms with Crippen molar-refractivity contribution in [2.75, 3.05) is 13.1 Å². The molecular weight excluding hydrogens is 219 g/mol. The van der Waals surface area contributed by atoms with Crippen molar-refractivity contribution in [3.8, 4) is 0 Å². The SMILES string of the molecule is NS(=O)(=O)c1cccc(F)c1C1CNC1. The standard InChI is InChI=1S/C9H11FN2O2S/c10-7-2-1-3-8(15(11,13)14)9(7)6-4-12-5-6/h1-3,6,12H,4-5H2,(H2,11,13,14). The molecular formula is C9H11FN2O2S. The molecule has 1 aromatic rings. The van der Waals surface area contributed by atoms with Gasteiger partial charge in [-0.2, -0.15) is 0 Å². The fourth-order valence-corrected chi connectivity index (χ4v) is 2.49. The van der Waals surface area contributed by atoms with Crippen molar-refractivity contribution in [1.29, 1.82) is 0 Å². The molecule has 0 amide bonds. The highest BCUT2D eigenvalue weighted by Gasteiger charge is 2.28. The lowest BCUT2D eigenvalue weighted by atomic mass is 9.93. The molecule has 1 saturated heterocycles. The van der Waals surface area contributed by atoms with Crippen LogP contribution in [0.2, 0.25) is 0 Å². The molecule has 1 heterocycles. The lowest BCUT2D eigenvalue weighted by molar-refractivity contribution is 0.423. The van der Waals surface area contributed by atoms with E-state index in [2.05, 4.69) is 5.32 Å². The molecule has 0 aromatic heterocycles. The summed E-state index contributed by atoms with van der Waals surface area (Å²) in [5.74, 6) is -0.604. The van der Waals surface area contributed by atoms with E-state index in [0.29, 0.717) is 13.1 Å². The van der Waals surface area contributed by atoms with Crippen molar-refractivity contribution in [3.63, 3.8) is 0 Å². The molecule has 2 rings (SSSR count). The number of nitrogens with two attached hydrogens (primary N) is 1. The topological polar surface area (TPSA) is 72.2 Å². The maximum absolute atomic E-state index is 13.5. The Morgan fingerprint density at radius 1 is 1.40 bits per heavy atom. The number of hydrogen-bond acceptors (Lipinski definition) is 3. The number of halogens is 1. The van der Waals surface area contributed by atoms with Gasteiger partial charge in [0.25, 0.3) is 0 Å². The third-order valence-corrected chi connectivity index (χ3v) is 3.48. The van der Waals surface area contributed by atoms with E-state index >= 15 is 0 Å². The minimum absolute atomic E-state index is 0.0977. The van der Waals surface area contributed by atoms with E-state index in [9.17, 15) is 12.8 Å². The maximum atomic E-state index is 13.5. The first-order valence-corrected chi connectivity index (χ1v) is 6.06. The summed E-state index contributed by atoms with van der Waals surface area (Å²) >= 11 is 0. The molecule has 6 heteroatoms. The second-order valence-corrected chi connectivity index (χ2v) is 5.08. The molecule has 0 atom stereocenters. The van der Waals surface area contributed by atoms with E-state index < -0.39 is 15.8 Å². The number of sulfonamides is 1. The predicted molar refractivity (Wildman–Crippen MR) is 53.4 cm³/mol. The number of hydrogen-bond donors (Lipinski definition) is 2. The molecule has 1 fully saturated rings. The van der Waals surface area contributed by atoms with Crippen molar-refractivity contribution in [2.45, 2.75) is 10.8 Å². The van der Waals surface area contributed by atoms with Gasteiger partial charge in [0.1, 0.15) is 5.82 Å². The smallest absolute Gasteiger partial charge is 0.238 e. The zero-order valence-electron chi connectivity index (χ0n) is 7.90. The summed E-state index contributed by atoms with van der Waals surface area (Å²) < 4.78 is 36.0. The highest BCUT2D eigenvalue weighted by molar-refractivity contribution is 7.89.